The van der Waals surface area contributed by atoms with Crippen LogP contribution < -0.4 is 11.3 Å². The van der Waals surface area contributed by atoms with Crippen molar-refractivity contribution in [2.24, 2.45) is 5.73 Å². The molecule has 0 bridgehead atoms. The smallest absolute Gasteiger partial charge is 0.264 e. The molecule has 0 fully saturated rings. The van der Waals surface area contributed by atoms with E-state index >= 15 is 0 Å². The van der Waals surface area contributed by atoms with E-state index in [1.807, 2.05) is 26.0 Å². The highest BCUT2D eigenvalue weighted by Gasteiger charge is 2.12. The molecule has 0 unspecified atom stereocenters. The molecule has 7 heteroatoms. The number of nitrogens with two attached hydrogens (primary N) is 1. The number of aromatic nitrogens is 4. The zero-order valence-corrected chi connectivity index (χ0v) is 13.0. The highest BCUT2D eigenvalue weighted by Crippen LogP contribution is 2.17. The van der Waals surface area contributed by atoms with Crippen molar-refractivity contribution in [2.75, 3.05) is 0 Å². The van der Waals surface area contributed by atoms with Crippen LogP contribution in [0.2, 0.25) is 0 Å². The summed E-state index contributed by atoms with van der Waals surface area (Å²) in [7, 11) is 0. The van der Waals surface area contributed by atoms with E-state index < -0.39 is 5.91 Å². The highest BCUT2D eigenvalue weighted by molar-refractivity contribution is 5.75. The maximum absolute atomic E-state index is 12.4. The minimum absolute atomic E-state index is 0.0955. The van der Waals surface area contributed by atoms with Crippen molar-refractivity contribution in [3.05, 3.63) is 52.2 Å². The lowest BCUT2D eigenvalue weighted by molar-refractivity contribution is -0.118. The molecule has 0 aliphatic rings. The van der Waals surface area contributed by atoms with E-state index in [4.69, 9.17) is 5.73 Å². The fourth-order valence-electron chi connectivity index (χ4n) is 2.60. The quantitative estimate of drug-likeness (QED) is 0.779. The van der Waals surface area contributed by atoms with Gasteiger partial charge in [-0.15, -0.1) is 0 Å². The average molecular weight is 311 g/mol. The maximum Gasteiger partial charge on any atom is 0.264 e. The van der Waals surface area contributed by atoms with Gasteiger partial charge in [0.15, 0.2) is 5.65 Å². The first-order chi connectivity index (χ1) is 11.0. The van der Waals surface area contributed by atoms with Crippen LogP contribution in [-0.4, -0.2) is 25.2 Å². The van der Waals surface area contributed by atoms with Crippen LogP contribution >= 0.6 is 0 Å². The van der Waals surface area contributed by atoms with E-state index in [0.717, 1.165) is 16.8 Å². The first kappa shape index (κ1) is 15.0. The number of rotatable bonds is 4. The normalized spacial score (nSPS) is 11.0. The zero-order chi connectivity index (χ0) is 16.6. The number of carbonyl (C=O) groups is 1. The molecule has 0 atom stereocenters. The van der Waals surface area contributed by atoms with Gasteiger partial charge in [-0.25, -0.2) is 9.67 Å². The summed E-state index contributed by atoms with van der Waals surface area (Å²) >= 11 is 0. The SMILES string of the molecule is Cc1cc(C)cc(-n2ncc3c(=O)n(CCC(N)=O)cnc32)c1. The van der Waals surface area contributed by atoms with Crippen LogP contribution in [0.15, 0.2) is 35.5 Å². The molecule has 3 rings (SSSR count). The van der Waals surface area contributed by atoms with E-state index in [1.165, 1.54) is 17.1 Å². The monoisotopic (exact) mass is 311 g/mol. The molecule has 0 aliphatic heterocycles. The number of fused-ring (bicyclic) bond motifs is 1. The lowest BCUT2D eigenvalue weighted by Gasteiger charge is -2.07. The van der Waals surface area contributed by atoms with Crippen molar-refractivity contribution < 1.29 is 4.79 Å². The second kappa shape index (κ2) is 5.68. The summed E-state index contributed by atoms with van der Waals surface area (Å²) in [5.41, 5.74) is 8.47. The predicted octanol–water partition coefficient (Wildman–Crippen LogP) is 1.07. The number of hydrogen-bond acceptors (Lipinski definition) is 4. The Balaban J connectivity index is 2.10. The molecular formula is C16H17N5O2. The van der Waals surface area contributed by atoms with Crippen molar-refractivity contribution in [3.8, 4) is 5.69 Å². The maximum atomic E-state index is 12.4. The number of hydrogen-bond donors (Lipinski definition) is 1. The third-order valence-corrected chi connectivity index (χ3v) is 3.60. The average Bonchev–Trinajstić information content (AvgIpc) is 2.90. The highest BCUT2D eigenvalue weighted by atomic mass is 16.1. The molecule has 0 radical (unpaired) electrons. The Morgan fingerprint density at radius 3 is 2.57 bits per heavy atom. The molecule has 1 aromatic carbocycles. The molecule has 0 saturated carbocycles. The van der Waals surface area contributed by atoms with E-state index in [0.29, 0.717) is 11.0 Å². The third-order valence-electron chi connectivity index (χ3n) is 3.60. The molecule has 0 saturated heterocycles. The van der Waals surface area contributed by atoms with Gasteiger partial charge < -0.3 is 5.73 Å². The first-order valence-corrected chi connectivity index (χ1v) is 7.26. The van der Waals surface area contributed by atoms with Crippen molar-refractivity contribution in [1.29, 1.82) is 0 Å². The first-order valence-electron chi connectivity index (χ1n) is 7.26. The van der Waals surface area contributed by atoms with Crippen LogP contribution in [0.3, 0.4) is 0 Å². The molecule has 2 N–H and O–H groups in total. The van der Waals surface area contributed by atoms with E-state index in [2.05, 4.69) is 16.1 Å². The Bertz CT molecular complexity index is 934. The van der Waals surface area contributed by atoms with E-state index in [1.54, 1.807) is 4.68 Å². The van der Waals surface area contributed by atoms with E-state index in [9.17, 15) is 9.59 Å². The molecular weight excluding hydrogens is 294 g/mol. The Hall–Kier alpha value is -2.96. The van der Waals surface area contributed by atoms with Gasteiger partial charge in [-0.05, 0) is 37.1 Å². The standard InChI is InChI=1S/C16H17N5O2/c1-10-5-11(2)7-12(6-10)21-15-13(8-19-21)16(23)20(9-18-15)4-3-14(17)22/h5-9H,3-4H2,1-2H3,(H2,17,22). The predicted molar refractivity (Wildman–Crippen MR) is 86.4 cm³/mol. The molecule has 118 valence electrons. The second-order valence-corrected chi connectivity index (χ2v) is 5.60. The van der Waals surface area contributed by atoms with Gasteiger partial charge in [-0.1, -0.05) is 6.07 Å². The van der Waals surface area contributed by atoms with Crippen molar-refractivity contribution >= 4 is 16.9 Å². The fraction of sp³-hybridized carbons (Fsp3) is 0.250. The van der Waals surface area contributed by atoms with Gasteiger partial charge >= 0.3 is 0 Å². The van der Waals surface area contributed by atoms with Gasteiger partial charge in [0, 0.05) is 13.0 Å². The molecule has 7 nitrogen and oxygen atoms in total. The number of nitrogens with zero attached hydrogens (tertiary/aromatic N) is 4. The van der Waals surface area contributed by atoms with Gasteiger partial charge in [-0.3, -0.25) is 14.2 Å². The molecule has 0 spiro atoms. The van der Waals surface area contributed by atoms with Crippen LogP contribution in [0.25, 0.3) is 16.7 Å². The lowest BCUT2D eigenvalue weighted by atomic mass is 10.1. The Morgan fingerprint density at radius 2 is 1.91 bits per heavy atom. The summed E-state index contributed by atoms with van der Waals surface area (Å²) in [4.78, 5) is 27.6. The van der Waals surface area contributed by atoms with Crippen LogP contribution in [0.4, 0.5) is 0 Å². The van der Waals surface area contributed by atoms with Gasteiger partial charge in [0.25, 0.3) is 5.56 Å². The Morgan fingerprint density at radius 1 is 1.22 bits per heavy atom. The minimum atomic E-state index is -0.456. The molecule has 0 aliphatic carbocycles. The fourth-order valence-corrected chi connectivity index (χ4v) is 2.60. The number of primary amides is 1. The molecule has 23 heavy (non-hydrogen) atoms. The molecule has 3 aromatic rings. The van der Waals surface area contributed by atoms with Crippen molar-refractivity contribution in [1.82, 2.24) is 19.3 Å². The molecule has 2 heterocycles. The summed E-state index contributed by atoms with van der Waals surface area (Å²) in [6.45, 7) is 4.23. The van der Waals surface area contributed by atoms with Crippen LogP contribution in [0, 0.1) is 13.8 Å². The largest absolute Gasteiger partial charge is 0.370 e. The minimum Gasteiger partial charge on any atom is -0.370 e. The third kappa shape index (κ3) is 2.85. The lowest BCUT2D eigenvalue weighted by Crippen LogP contribution is -2.23. The second-order valence-electron chi connectivity index (χ2n) is 5.60. The number of benzene rings is 1. The number of aryl methyl sites for hydroxylation is 3. The summed E-state index contributed by atoms with van der Waals surface area (Å²) < 4.78 is 3.02. The summed E-state index contributed by atoms with van der Waals surface area (Å²) in [5.74, 6) is -0.456. The zero-order valence-electron chi connectivity index (χ0n) is 13.0. The Kier molecular flexibility index (Phi) is 3.69. The number of carbonyl (C=O) groups excluding carboxylic acids is 1. The van der Waals surface area contributed by atoms with Crippen LogP contribution in [0.1, 0.15) is 17.5 Å². The van der Waals surface area contributed by atoms with Gasteiger partial charge in [0.1, 0.15) is 5.39 Å². The number of amides is 1. The summed E-state index contributed by atoms with van der Waals surface area (Å²) in [5, 5.41) is 4.71. The summed E-state index contributed by atoms with van der Waals surface area (Å²) in [6.07, 6.45) is 3.02. The van der Waals surface area contributed by atoms with Gasteiger partial charge in [0.2, 0.25) is 5.91 Å². The van der Waals surface area contributed by atoms with Crippen LogP contribution in [-0.2, 0) is 11.3 Å². The topological polar surface area (TPSA) is 95.8 Å². The van der Waals surface area contributed by atoms with Gasteiger partial charge in [-0.2, -0.15) is 5.10 Å². The van der Waals surface area contributed by atoms with E-state index in [-0.39, 0.29) is 18.5 Å². The van der Waals surface area contributed by atoms with Crippen molar-refractivity contribution in [2.45, 2.75) is 26.8 Å². The van der Waals surface area contributed by atoms with Crippen molar-refractivity contribution in [3.63, 3.8) is 0 Å². The van der Waals surface area contributed by atoms with Crippen LogP contribution in [0.5, 0.6) is 0 Å². The van der Waals surface area contributed by atoms with Gasteiger partial charge in [0.05, 0.1) is 18.2 Å². The Labute approximate surface area is 132 Å². The molecule has 1 amide bonds. The molecule has 2 aromatic heterocycles. The summed E-state index contributed by atoms with van der Waals surface area (Å²) in [6, 6.07) is 6.04.